The summed E-state index contributed by atoms with van der Waals surface area (Å²) in [7, 11) is 0. The van der Waals surface area contributed by atoms with E-state index in [1.54, 1.807) is 6.07 Å². The van der Waals surface area contributed by atoms with Crippen molar-refractivity contribution in [3.63, 3.8) is 0 Å². The van der Waals surface area contributed by atoms with Crippen molar-refractivity contribution in [3.05, 3.63) is 34.8 Å². The molecular formula is C9H7NOSe. The van der Waals surface area contributed by atoms with E-state index in [4.69, 9.17) is 5.73 Å². The number of fused-ring (bicyclic) bond motifs is 1. The summed E-state index contributed by atoms with van der Waals surface area (Å²) in [5.74, 6) is -0.322. The molecule has 0 aliphatic heterocycles. The number of amides is 1. The molecule has 2 rings (SSSR count). The molecule has 0 unspecified atom stereocenters. The molecule has 1 aromatic carbocycles. The van der Waals surface area contributed by atoms with Gasteiger partial charge in [-0.05, 0) is 0 Å². The summed E-state index contributed by atoms with van der Waals surface area (Å²) in [5.41, 5.74) is 5.91. The van der Waals surface area contributed by atoms with Crippen LogP contribution in [0.5, 0.6) is 0 Å². The Kier molecular flexibility index (Phi) is 1.75. The summed E-state index contributed by atoms with van der Waals surface area (Å²) in [6, 6.07) is 7.70. The van der Waals surface area contributed by atoms with E-state index in [1.807, 2.05) is 18.2 Å². The summed E-state index contributed by atoms with van der Waals surface area (Å²) in [6.07, 6.45) is 0. The van der Waals surface area contributed by atoms with Crippen LogP contribution in [-0.2, 0) is 0 Å². The molecule has 0 bridgehead atoms. The van der Waals surface area contributed by atoms with Gasteiger partial charge < -0.3 is 0 Å². The number of hydrogen-bond donors (Lipinski definition) is 1. The molecule has 3 heteroatoms. The van der Waals surface area contributed by atoms with Gasteiger partial charge >= 0.3 is 75.4 Å². The quantitative estimate of drug-likeness (QED) is 0.721. The molecule has 0 aliphatic carbocycles. The summed E-state index contributed by atoms with van der Waals surface area (Å²) in [4.78, 5) is 13.1. The van der Waals surface area contributed by atoms with Crippen molar-refractivity contribution in [1.82, 2.24) is 0 Å². The summed E-state index contributed by atoms with van der Waals surface area (Å²) in [6.45, 7) is 0. The predicted octanol–water partition coefficient (Wildman–Crippen LogP) is 0.996. The molecule has 2 N–H and O–H groups in total. The Bertz CT molecular complexity index is 433. The van der Waals surface area contributed by atoms with E-state index in [0.29, 0.717) is 20.1 Å². The van der Waals surface area contributed by atoms with Crippen molar-refractivity contribution in [2.75, 3.05) is 0 Å². The number of benzene rings is 1. The average molecular weight is 224 g/mol. The van der Waals surface area contributed by atoms with Crippen LogP contribution in [-0.4, -0.2) is 20.4 Å². The van der Waals surface area contributed by atoms with Crippen LogP contribution in [0.1, 0.15) is 10.4 Å². The van der Waals surface area contributed by atoms with Gasteiger partial charge in [0.25, 0.3) is 0 Å². The number of carbonyl (C=O) groups excluding carboxylic acids is 1. The zero-order valence-corrected chi connectivity index (χ0v) is 7.99. The molecule has 0 saturated heterocycles. The molecule has 2 nitrogen and oxygen atoms in total. The molecule has 0 atom stereocenters. The van der Waals surface area contributed by atoms with Gasteiger partial charge in [0.2, 0.25) is 0 Å². The number of rotatable bonds is 1. The molecule has 1 aromatic heterocycles. The monoisotopic (exact) mass is 225 g/mol. The standard InChI is InChI=1S/C9H7NOSe/c10-9(11)7-3-1-2-6-4-5-12-8(6)7/h1-5H,(H2,10,11). The van der Waals surface area contributed by atoms with Crippen molar-refractivity contribution < 1.29 is 4.79 Å². The van der Waals surface area contributed by atoms with Gasteiger partial charge in [0, 0.05) is 0 Å². The van der Waals surface area contributed by atoms with Gasteiger partial charge in [-0.2, -0.15) is 0 Å². The van der Waals surface area contributed by atoms with Crippen LogP contribution in [0.3, 0.4) is 0 Å². The van der Waals surface area contributed by atoms with E-state index < -0.39 is 0 Å². The van der Waals surface area contributed by atoms with Crippen LogP contribution in [0.15, 0.2) is 29.2 Å². The minimum absolute atomic E-state index is 0.293. The van der Waals surface area contributed by atoms with Crippen LogP contribution in [0.25, 0.3) is 9.65 Å². The van der Waals surface area contributed by atoms with Crippen LogP contribution in [0, 0.1) is 0 Å². The van der Waals surface area contributed by atoms with Gasteiger partial charge in [-0.25, -0.2) is 0 Å². The molecule has 0 aliphatic rings. The minimum atomic E-state index is -0.322. The number of nitrogens with two attached hydrogens (primary N) is 1. The maximum absolute atomic E-state index is 11.0. The maximum atomic E-state index is 11.0. The Hall–Kier alpha value is -1.05. The van der Waals surface area contributed by atoms with Crippen molar-refractivity contribution in [1.29, 1.82) is 0 Å². The molecule has 1 amide bonds. The first kappa shape index (κ1) is 7.59. The van der Waals surface area contributed by atoms with E-state index >= 15 is 0 Å². The zero-order valence-electron chi connectivity index (χ0n) is 6.28. The van der Waals surface area contributed by atoms with E-state index in [0.717, 1.165) is 9.65 Å². The first-order valence-electron chi connectivity index (χ1n) is 3.55. The fourth-order valence-electron chi connectivity index (χ4n) is 1.19. The second-order valence-electron chi connectivity index (χ2n) is 2.51. The van der Waals surface area contributed by atoms with Crippen molar-refractivity contribution in [2.45, 2.75) is 0 Å². The number of carbonyl (C=O) groups is 1. The molecular weight excluding hydrogens is 217 g/mol. The number of hydrogen-bond acceptors (Lipinski definition) is 1. The molecule has 0 spiro atoms. The molecule has 0 radical (unpaired) electrons. The van der Waals surface area contributed by atoms with Gasteiger partial charge in [-0.15, -0.1) is 0 Å². The topological polar surface area (TPSA) is 43.1 Å². The molecule has 12 heavy (non-hydrogen) atoms. The van der Waals surface area contributed by atoms with Gasteiger partial charge in [-0.1, -0.05) is 0 Å². The fourth-order valence-corrected chi connectivity index (χ4v) is 3.11. The number of primary amides is 1. The molecule has 60 valence electrons. The van der Waals surface area contributed by atoms with Gasteiger partial charge in [0.15, 0.2) is 0 Å². The second-order valence-corrected chi connectivity index (χ2v) is 4.43. The predicted molar refractivity (Wildman–Crippen MR) is 49.4 cm³/mol. The van der Waals surface area contributed by atoms with Crippen LogP contribution >= 0.6 is 0 Å². The van der Waals surface area contributed by atoms with E-state index in [9.17, 15) is 4.79 Å². The summed E-state index contributed by atoms with van der Waals surface area (Å²) < 4.78 is 1.12. The third-order valence-corrected chi connectivity index (χ3v) is 3.77. The van der Waals surface area contributed by atoms with E-state index in [2.05, 4.69) is 4.94 Å². The van der Waals surface area contributed by atoms with Crippen LogP contribution in [0.4, 0.5) is 0 Å². The average Bonchev–Trinajstić information content (AvgIpc) is 2.49. The third-order valence-electron chi connectivity index (χ3n) is 1.74. The fraction of sp³-hybridized carbons (Fsp3) is 0. The third kappa shape index (κ3) is 1.07. The second kappa shape index (κ2) is 2.77. The van der Waals surface area contributed by atoms with Gasteiger partial charge in [0.1, 0.15) is 0 Å². The van der Waals surface area contributed by atoms with Gasteiger partial charge in [-0.3, -0.25) is 0 Å². The SMILES string of the molecule is NC(=O)c1cccc2cc[se]c12. The molecule has 1 heterocycles. The van der Waals surface area contributed by atoms with E-state index in [1.165, 1.54) is 0 Å². The molecule has 2 aromatic rings. The van der Waals surface area contributed by atoms with Crippen LogP contribution in [0.2, 0.25) is 0 Å². The first-order chi connectivity index (χ1) is 5.79. The summed E-state index contributed by atoms with van der Waals surface area (Å²) in [5, 5.41) is 1.14. The van der Waals surface area contributed by atoms with Crippen molar-refractivity contribution in [2.24, 2.45) is 5.73 Å². The van der Waals surface area contributed by atoms with Gasteiger partial charge in [0.05, 0.1) is 0 Å². The Balaban J connectivity index is 2.82. The molecule has 0 fully saturated rings. The van der Waals surface area contributed by atoms with E-state index in [-0.39, 0.29) is 5.91 Å². The Morgan fingerprint density at radius 3 is 2.92 bits per heavy atom. The summed E-state index contributed by atoms with van der Waals surface area (Å²) >= 11 is 0.293. The first-order valence-corrected chi connectivity index (χ1v) is 5.39. The Morgan fingerprint density at radius 1 is 1.33 bits per heavy atom. The van der Waals surface area contributed by atoms with Crippen molar-refractivity contribution in [3.8, 4) is 0 Å². The normalized spacial score (nSPS) is 10.3. The molecule has 0 saturated carbocycles. The zero-order chi connectivity index (χ0) is 8.55. The Morgan fingerprint density at radius 2 is 2.17 bits per heavy atom. The van der Waals surface area contributed by atoms with Crippen LogP contribution < -0.4 is 5.73 Å². The Labute approximate surface area is 75.7 Å². The van der Waals surface area contributed by atoms with Crippen molar-refractivity contribution >= 4 is 30.1 Å².